The Balaban J connectivity index is 1.39. The second-order valence-corrected chi connectivity index (χ2v) is 6.90. The van der Waals surface area contributed by atoms with Gasteiger partial charge in [-0.25, -0.2) is 4.98 Å². The van der Waals surface area contributed by atoms with Crippen LogP contribution in [0.3, 0.4) is 0 Å². The van der Waals surface area contributed by atoms with Gasteiger partial charge in [0.25, 0.3) is 0 Å². The third kappa shape index (κ3) is 3.29. The van der Waals surface area contributed by atoms with Crippen LogP contribution in [0.1, 0.15) is 24.0 Å². The van der Waals surface area contributed by atoms with E-state index in [1.54, 1.807) is 0 Å². The van der Waals surface area contributed by atoms with Crippen molar-refractivity contribution in [2.75, 3.05) is 20.1 Å². The Labute approximate surface area is 147 Å². The zero-order valence-corrected chi connectivity index (χ0v) is 15.0. The lowest BCUT2D eigenvalue weighted by molar-refractivity contribution is 0.214. The van der Waals surface area contributed by atoms with Crippen LogP contribution in [0.2, 0.25) is 0 Å². The van der Waals surface area contributed by atoms with Gasteiger partial charge >= 0.3 is 0 Å². The molecule has 3 heterocycles. The first-order chi connectivity index (χ1) is 12.1. The highest BCUT2D eigenvalue weighted by Crippen LogP contribution is 2.20. The first-order valence-electron chi connectivity index (χ1n) is 8.72. The summed E-state index contributed by atoms with van der Waals surface area (Å²) in [5.41, 5.74) is 2.26. The average molecular weight is 340 g/mol. The topological polar surface area (TPSA) is 63.2 Å². The van der Waals surface area contributed by atoms with Gasteiger partial charge in [-0.3, -0.25) is 9.80 Å². The largest absolute Gasteiger partial charge is 0.340 e. The van der Waals surface area contributed by atoms with Crippen LogP contribution in [0.5, 0.6) is 0 Å². The maximum Gasteiger partial charge on any atom is 0.223 e. The summed E-state index contributed by atoms with van der Waals surface area (Å²) in [6.45, 7) is 5.56. The Hall–Kier alpha value is -2.25. The minimum atomic E-state index is 0.508. The number of nitrogens with zero attached hydrogens (tertiary/aromatic N) is 6. The molecule has 1 aliphatic heterocycles. The number of para-hydroxylation sites is 2. The molecule has 1 atom stereocenters. The van der Waals surface area contributed by atoms with Crippen LogP contribution in [-0.4, -0.2) is 55.7 Å². The Kier molecular flexibility index (Phi) is 4.27. The molecular weight excluding hydrogens is 316 g/mol. The number of aryl methyl sites for hydroxylation is 2. The van der Waals surface area contributed by atoms with Crippen molar-refractivity contribution in [2.24, 2.45) is 7.05 Å². The van der Waals surface area contributed by atoms with E-state index in [9.17, 15) is 0 Å². The summed E-state index contributed by atoms with van der Waals surface area (Å²) in [5.74, 6) is 2.50. The molecule has 1 aliphatic rings. The Morgan fingerprint density at radius 1 is 1.28 bits per heavy atom. The molecule has 0 radical (unpaired) electrons. The van der Waals surface area contributed by atoms with Crippen molar-refractivity contribution in [2.45, 2.75) is 32.5 Å². The van der Waals surface area contributed by atoms with E-state index in [1.165, 1.54) is 5.52 Å². The second-order valence-electron chi connectivity index (χ2n) is 6.90. The van der Waals surface area contributed by atoms with Crippen molar-refractivity contribution in [3.8, 4) is 0 Å². The normalized spacial score (nSPS) is 18.6. The smallest absolute Gasteiger partial charge is 0.223 e. The predicted molar refractivity (Wildman–Crippen MR) is 94.9 cm³/mol. The van der Waals surface area contributed by atoms with E-state index in [2.05, 4.69) is 56.8 Å². The summed E-state index contributed by atoms with van der Waals surface area (Å²) in [5, 5.41) is 4.00. The van der Waals surface area contributed by atoms with Crippen LogP contribution >= 0.6 is 0 Å². The predicted octanol–water partition coefficient (Wildman–Crippen LogP) is 1.97. The lowest BCUT2D eigenvalue weighted by Gasteiger charge is -2.23. The molecule has 25 heavy (non-hydrogen) atoms. The molecule has 0 aliphatic carbocycles. The summed E-state index contributed by atoms with van der Waals surface area (Å²) < 4.78 is 7.26. The molecule has 0 N–H and O–H groups in total. The zero-order chi connectivity index (χ0) is 17.4. The SMILES string of the molecule is Cc1nc(CN(C)[C@@H]2CCN(Cc3nc4ccccc4n3C)C2)no1. The third-order valence-corrected chi connectivity index (χ3v) is 5.08. The fourth-order valence-corrected chi connectivity index (χ4v) is 3.61. The molecule has 0 spiro atoms. The molecule has 0 unspecified atom stereocenters. The molecule has 1 fully saturated rings. The highest BCUT2D eigenvalue weighted by molar-refractivity contribution is 5.75. The first kappa shape index (κ1) is 16.2. The molecule has 0 amide bonds. The Morgan fingerprint density at radius 2 is 2.12 bits per heavy atom. The van der Waals surface area contributed by atoms with E-state index < -0.39 is 0 Å². The number of imidazole rings is 1. The van der Waals surface area contributed by atoms with E-state index in [-0.39, 0.29) is 0 Å². The Morgan fingerprint density at radius 3 is 2.88 bits per heavy atom. The number of likely N-dealkylation sites (tertiary alicyclic amines) is 1. The van der Waals surface area contributed by atoms with Gasteiger partial charge in [0.1, 0.15) is 5.82 Å². The van der Waals surface area contributed by atoms with Crippen LogP contribution in [-0.2, 0) is 20.1 Å². The molecular formula is C18H24N6O. The monoisotopic (exact) mass is 340 g/mol. The van der Waals surface area contributed by atoms with Gasteiger partial charge in [-0.1, -0.05) is 17.3 Å². The summed E-state index contributed by atoms with van der Waals surface area (Å²) in [4.78, 5) is 13.9. The number of rotatable bonds is 5. The molecule has 7 heteroatoms. The van der Waals surface area contributed by atoms with Crippen molar-refractivity contribution in [3.63, 3.8) is 0 Å². The maximum atomic E-state index is 5.06. The minimum absolute atomic E-state index is 0.508. The number of hydrogen-bond acceptors (Lipinski definition) is 6. The van der Waals surface area contributed by atoms with Gasteiger partial charge in [0, 0.05) is 33.1 Å². The molecule has 0 saturated carbocycles. The van der Waals surface area contributed by atoms with Crippen molar-refractivity contribution >= 4 is 11.0 Å². The summed E-state index contributed by atoms with van der Waals surface area (Å²) in [6.07, 6.45) is 1.15. The van der Waals surface area contributed by atoms with Gasteiger partial charge in [0.15, 0.2) is 5.82 Å². The lowest BCUT2D eigenvalue weighted by Crippen LogP contribution is -2.34. The van der Waals surface area contributed by atoms with Crippen molar-refractivity contribution in [3.05, 3.63) is 41.8 Å². The summed E-state index contributed by atoms with van der Waals surface area (Å²) in [7, 11) is 4.23. The number of fused-ring (bicyclic) bond motifs is 1. The van der Waals surface area contributed by atoms with E-state index >= 15 is 0 Å². The summed E-state index contributed by atoms with van der Waals surface area (Å²) in [6, 6.07) is 8.81. The molecule has 0 bridgehead atoms. The van der Waals surface area contributed by atoms with Gasteiger partial charge in [0.2, 0.25) is 5.89 Å². The van der Waals surface area contributed by atoms with Gasteiger partial charge in [0.05, 0.1) is 24.1 Å². The van der Waals surface area contributed by atoms with E-state index in [1.807, 2.05) is 13.0 Å². The number of aromatic nitrogens is 4. The molecule has 132 valence electrons. The molecule has 3 aromatic rings. The van der Waals surface area contributed by atoms with Crippen LogP contribution in [0.25, 0.3) is 11.0 Å². The highest BCUT2D eigenvalue weighted by Gasteiger charge is 2.27. The number of hydrogen-bond donors (Lipinski definition) is 0. The number of benzene rings is 1. The molecule has 7 nitrogen and oxygen atoms in total. The van der Waals surface area contributed by atoms with Crippen molar-refractivity contribution in [1.29, 1.82) is 0 Å². The fraction of sp³-hybridized carbons (Fsp3) is 0.500. The van der Waals surface area contributed by atoms with Crippen LogP contribution < -0.4 is 0 Å². The highest BCUT2D eigenvalue weighted by atomic mass is 16.5. The first-order valence-corrected chi connectivity index (χ1v) is 8.72. The molecule has 4 rings (SSSR count). The van der Waals surface area contributed by atoms with Gasteiger partial charge < -0.3 is 9.09 Å². The van der Waals surface area contributed by atoms with Gasteiger partial charge in [-0.05, 0) is 25.6 Å². The quantitative estimate of drug-likeness (QED) is 0.708. The van der Waals surface area contributed by atoms with Gasteiger partial charge in [-0.15, -0.1) is 0 Å². The van der Waals surface area contributed by atoms with E-state index in [0.29, 0.717) is 11.9 Å². The molecule has 1 aromatic carbocycles. The van der Waals surface area contributed by atoms with Crippen LogP contribution in [0.15, 0.2) is 28.8 Å². The minimum Gasteiger partial charge on any atom is -0.340 e. The third-order valence-electron chi connectivity index (χ3n) is 5.08. The standard InChI is InChI=1S/C18H24N6O/c1-13-19-17(21-25-13)11-22(2)14-8-9-24(10-14)12-18-20-15-6-4-5-7-16(15)23(18)3/h4-7,14H,8-12H2,1-3H3/t14-/m1/s1. The lowest BCUT2D eigenvalue weighted by atomic mass is 10.2. The van der Waals surface area contributed by atoms with Crippen molar-refractivity contribution in [1.82, 2.24) is 29.5 Å². The van der Waals surface area contributed by atoms with E-state index in [4.69, 9.17) is 9.51 Å². The fourth-order valence-electron chi connectivity index (χ4n) is 3.61. The van der Waals surface area contributed by atoms with Crippen molar-refractivity contribution < 1.29 is 4.52 Å². The van der Waals surface area contributed by atoms with Crippen LogP contribution in [0.4, 0.5) is 0 Å². The maximum absolute atomic E-state index is 5.06. The average Bonchev–Trinajstić information content (AvgIpc) is 3.29. The Bertz CT molecular complexity index is 869. The zero-order valence-electron chi connectivity index (χ0n) is 15.0. The summed E-state index contributed by atoms with van der Waals surface area (Å²) >= 11 is 0. The molecule has 1 saturated heterocycles. The van der Waals surface area contributed by atoms with Gasteiger partial charge in [-0.2, -0.15) is 4.98 Å². The second kappa shape index (κ2) is 6.57. The van der Waals surface area contributed by atoms with E-state index in [0.717, 1.165) is 49.8 Å². The number of likely N-dealkylation sites (N-methyl/N-ethyl adjacent to an activating group) is 1. The molecule has 2 aromatic heterocycles. The van der Waals surface area contributed by atoms with Crippen LogP contribution in [0, 0.1) is 6.92 Å².